The van der Waals surface area contributed by atoms with Crippen LogP contribution in [-0.4, -0.2) is 16.5 Å². The first kappa shape index (κ1) is 12.5. The van der Waals surface area contributed by atoms with Crippen molar-refractivity contribution < 1.29 is 0 Å². The predicted octanol–water partition coefficient (Wildman–Crippen LogP) is 4.10. The molecule has 0 fully saturated rings. The predicted molar refractivity (Wildman–Crippen MR) is 78.1 cm³/mol. The molecule has 3 heteroatoms. The fourth-order valence-corrected chi connectivity index (χ4v) is 2.78. The minimum Gasteiger partial charge on any atom is -0.335 e. The van der Waals surface area contributed by atoms with Crippen LogP contribution in [0, 0.1) is 0 Å². The number of benzene rings is 1. The van der Waals surface area contributed by atoms with Crippen LogP contribution in [0.2, 0.25) is 0 Å². The molecule has 1 heterocycles. The van der Waals surface area contributed by atoms with Gasteiger partial charge in [-0.05, 0) is 37.5 Å². The molecule has 17 heavy (non-hydrogen) atoms. The Morgan fingerprint density at radius 1 is 1.24 bits per heavy atom. The summed E-state index contributed by atoms with van der Waals surface area (Å²) in [7, 11) is 0. The second kappa shape index (κ2) is 4.73. The van der Waals surface area contributed by atoms with Crippen LogP contribution in [0.5, 0.6) is 0 Å². The van der Waals surface area contributed by atoms with Gasteiger partial charge in [-0.15, -0.1) is 0 Å². The molecular formula is C14H20N2S. The summed E-state index contributed by atoms with van der Waals surface area (Å²) in [6, 6.07) is 8.62. The van der Waals surface area contributed by atoms with Crippen molar-refractivity contribution in [2.45, 2.75) is 39.2 Å². The Labute approximate surface area is 108 Å². The number of aliphatic imine (C=N–C) groups is 1. The standard InChI is InChI=1S/C14H20N2S/c1-10(2)11-5-7-12(8-6-11)15-13-16-14(3,4)9-17-13/h5-8,10H,9H2,1-4H3,(H,15,16). The Morgan fingerprint density at radius 3 is 2.35 bits per heavy atom. The lowest BCUT2D eigenvalue weighted by molar-refractivity contribution is 0.605. The monoisotopic (exact) mass is 248 g/mol. The zero-order chi connectivity index (χ0) is 12.5. The van der Waals surface area contributed by atoms with E-state index in [1.807, 2.05) is 0 Å². The highest BCUT2D eigenvalue weighted by Gasteiger charge is 2.25. The molecule has 0 atom stereocenters. The van der Waals surface area contributed by atoms with Gasteiger partial charge in [0, 0.05) is 11.4 Å². The van der Waals surface area contributed by atoms with Crippen LogP contribution in [0.1, 0.15) is 39.2 Å². The summed E-state index contributed by atoms with van der Waals surface area (Å²) in [5.74, 6) is 1.64. The first-order valence-corrected chi connectivity index (χ1v) is 7.04. The number of thioether (sulfide) groups is 1. The van der Waals surface area contributed by atoms with Crippen LogP contribution in [0.15, 0.2) is 29.3 Å². The summed E-state index contributed by atoms with van der Waals surface area (Å²) < 4.78 is 0. The second-order valence-electron chi connectivity index (χ2n) is 5.42. The van der Waals surface area contributed by atoms with Gasteiger partial charge in [0.2, 0.25) is 0 Å². The number of anilines is 1. The topological polar surface area (TPSA) is 24.4 Å². The molecule has 1 aromatic carbocycles. The number of hydrogen-bond donors (Lipinski definition) is 1. The van der Waals surface area contributed by atoms with Crippen molar-refractivity contribution in [1.29, 1.82) is 0 Å². The fraction of sp³-hybridized carbons (Fsp3) is 0.500. The molecule has 1 aliphatic heterocycles. The van der Waals surface area contributed by atoms with Crippen molar-refractivity contribution >= 4 is 22.6 Å². The van der Waals surface area contributed by atoms with Gasteiger partial charge >= 0.3 is 0 Å². The van der Waals surface area contributed by atoms with Gasteiger partial charge in [0.15, 0.2) is 5.17 Å². The molecule has 1 aliphatic rings. The molecule has 0 aromatic heterocycles. The summed E-state index contributed by atoms with van der Waals surface area (Å²) >= 11 is 1.79. The molecule has 0 saturated carbocycles. The molecule has 0 radical (unpaired) electrons. The maximum atomic E-state index is 4.64. The summed E-state index contributed by atoms with van der Waals surface area (Å²) in [6.45, 7) is 8.75. The number of nitrogens with one attached hydrogen (secondary N) is 1. The van der Waals surface area contributed by atoms with E-state index in [0.717, 1.165) is 16.6 Å². The van der Waals surface area contributed by atoms with E-state index < -0.39 is 0 Å². The third-order valence-electron chi connectivity index (χ3n) is 2.79. The highest BCUT2D eigenvalue weighted by molar-refractivity contribution is 8.14. The third-order valence-corrected chi connectivity index (χ3v) is 4.11. The van der Waals surface area contributed by atoms with Crippen molar-refractivity contribution in [3.05, 3.63) is 29.8 Å². The van der Waals surface area contributed by atoms with E-state index in [9.17, 15) is 0 Å². The zero-order valence-corrected chi connectivity index (χ0v) is 11.8. The van der Waals surface area contributed by atoms with Gasteiger partial charge in [0.05, 0.1) is 5.54 Å². The minimum atomic E-state index is 0.0743. The first-order chi connectivity index (χ1) is 7.96. The minimum absolute atomic E-state index is 0.0743. The number of hydrogen-bond acceptors (Lipinski definition) is 3. The Morgan fingerprint density at radius 2 is 1.88 bits per heavy atom. The highest BCUT2D eigenvalue weighted by atomic mass is 32.2. The zero-order valence-electron chi connectivity index (χ0n) is 10.9. The van der Waals surface area contributed by atoms with Crippen LogP contribution in [-0.2, 0) is 0 Å². The van der Waals surface area contributed by atoms with E-state index in [0.29, 0.717) is 5.92 Å². The third kappa shape index (κ3) is 3.25. The van der Waals surface area contributed by atoms with Gasteiger partial charge in [-0.3, -0.25) is 4.99 Å². The van der Waals surface area contributed by atoms with Crippen molar-refractivity contribution in [3.63, 3.8) is 0 Å². The van der Waals surface area contributed by atoms with Gasteiger partial charge in [0.1, 0.15) is 0 Å². The number of nitrogens with zero attached hydrogens (tertiary/aromatic N) is 1. The van der Waals surface area contributed by atoms with Crippen LogP contribution >= 0.6 is 11.8 Å². The van der Waals surface area contributed by atoms with Crippen LogP contribution in [0.3, 0.4) is 0 Å². The molecule has 0 spiro atoms. The van der Waals surface area contributed by atoms with Crippen LogP contribution < -0.4 is 5.32 Å². The van der Waals surface area contributed by atoms with E-state index in [2.05, 4.69) is 62.3 Å². The molecule has 1 aromatic rings. The van der Waals surface area contributed by atoms with Gasteiger partial charge in [0.25, 0.3) is 0 Å². The normalized spacial score (nSPS) is 18.3. The van der Waals surface area contributed by atoms with Crippen molar-refractivity contribution in [2.24, 2.45) is 4.99 Å². The van der Waals surface area contributed by atoms with E-state index in [1.54, 1.807) is 11.8 Å². The summed E-state index contributed by atoms with van der Waals surface area (Å²) in [4.78, 5) is 4.64. The molecule has 2 nitrogen and oxygen atoms in total. The lowest BCUT2D eigenvalue weighted by Gasteiger charge is -2.10. The molecule has 0 aliphatic carbocycles. The highest BCUT2D eigenvalue weighted by Crippen LogP contribution is 2.28. The second-order valence-corrected chi connectivity index (χ2v) is 6.38. The molecule has 0 amide bonds. The first-order valence-electron chi connectivity index (χ1n) is 6.06. The van der Waals surface area contributed by atoms with Crippen molar-refractivity contribution in [1.82, 2.24) is 0 Å². The average molecular weight is 248 g/mol. The molecular weight excluding hydrogens is 228 g/mol. The van der Waals surface area contributed by atoms with Gasteiger partial charge < -0.3 is 5.32 Å². The Hall–Kier alpha value is -0.960. The summed E-state index contributed by atoms with van der Waals surface area (Å²) in [6.07, 6.45) is 0. The van der Waals surface area contributed by atoms with Crippen molar-refractivity contribution in [3.8, 4) is 0 Å². The van der Waals surface area contributed by atoms with Gasteiger partial charge in [-0.1, -0.05) is 37.7 Å². The number of amidine groups is 1. The van der Waals surface area contributed by atoms with E-state index in [4.69, 9.17) is 0 Å². The van der Waals surface area contributed by atoms with E-state index in [-0.39, 0.29) is 5.54 Å². The Kier molecular flexibility index (Phi) is 3.48. The van der Waals surface area contributed by atoms with E-state index in [1.165, 1.54) is 5.56 Å². The van der Waals surface area contributed by atoms with Crippen molar-refractivity contribution in [2.75, 3.05) is 11.1 Å². The summed E-state index contributed by atoms with van der Waals surface area (Å²) in [5.41, 5.74) is 2.57. The molecule has 92 valence electrons. The maximum Gasteiger partial charge on any atom is 0.161 e. The smallest absolute Gasteiger partial charge is 0.161 e. The SMILES string of the molecule is CC(C)c1ccc(NC2=NC(C)(C)CS2)cc1. The van der Waals surface area contributed by atoms with Gasteiger partial charge in [-0.2, -0.15) is 0 Å². The number of rotatable bonds is 2. The Bertz CT molecular complexity index is 418. The van der Waals surface area contributed by atoms with E-state index >= 15 is 0 Å². The summed E-state index contributed by atoms with van der Waals surface area (Å²) in [5, 5.41) is 4.41. The average Bonchev–Trinajstić information content (AvgIpc) is 2.59. The Balaban J connectivity index is 2.05. The lowest BCUT2D eigenvalue weighted by atomic mass is 10.0. The van der Waals surface area contributed by atoms with Crippen LogP contribution in [0.25, 0.3) is 0 Å². The molecule has 0 saturated heterocycles. The lowest BCUT2D eigenvalue weighted by Crippen LogP contribution is -2.15. The molecule has 0 unspecified atom stereocenters. The fourth-order valence-electron chi connectivity index (χ4n) is 1.72. The molecule has 1 N–H and O–H groups in total. The largest absolute Gasteiger partial charge is 0.335 e. The van der Waals surface area contributed by atoms with Gasteiger partial charge in [-0.25, -0.2) is 0 Å². The maximum absolute atomic E-state index is 4.64. The van der Waals surface area contributed by atoms with Crippen LogP contribution in [0.4, 0.5) is 5.69 Å². The molecule has 2 rings (SSSR count). The molecule has 0 bridgehead atoms. The quantitative estimate of drug-likeness (QED) is 0.852.